The van der Waals surface area contributed by atoms with Gasteiger partial charge in [-0.25, -0.2) is 0 Å². The molecule has 0 bridgehead atoms. The van der Waals surface area contributed by atoms with E-state index in [1.165, 1.54) is 64.2 Å². The van der Waals surface area contributed by atoms with Crippen molar-refractivity contribution in [3.63, 3.8) is 0 Å². The molecule has 0 aromatic heterocycles. The van der Waals surface area contributed by atoms with Gasteiger partial charge in [-0.15, -0.1) is 0 Å². The van der Waals surface area contributed by atoms with Gasteiger partial charge in [0.25, 0.3) is 0 Å². The summed E-state index contributed by atoms with van der Waals surface area (Å²) in [6, 6.07) is 0. The maximum atomic E-state index is 10.4. The Morgan fingerprint density at radius 1 is 0.556 bits per heavy atom. The summed E-state index contributed by atoms with van der Waals surface area (Å²) in [6.07, 6.45) is 17.0. The number of hydrogen-bond acceptors (Lipinski definition) is 2. The molecule has 0 saturated heterocycles. The summed E-state index contributed by atoms with van der Waals surface area (Å²) < 4.78 is 0. The van der Waals surface area contributed by atoms with Crippen molar-refractivity contribution < 1.29 is 19.8 Å². The Kier molecular flexibility index (Phi) is 23.5. The molecule has 2 N–H and O–H groups in total. The van der Waals surface area contributed by atoms with Crippen LogP contribution in [0, 0.1) is 11.8 Å². The molecule has 27 heavy (non-hydrogen) atoms. The van der Waals surface area contributed by atoms with Crippen LogP contribution >= 0.6 is 0 Å². The fourth-order valence-corrected chi connectivity index (χ4v) is 3.52. The van der Waals surface area contributed by atoms with E-state index in [9.17, 15) is 9.59 Å². The van der Waals surface area contributed by atoms with Crippen molar-refractivity contribution in [3.8, 4) is 0 Å². The zero-order valence-corrected chi connectivity index (χ0v) is 17.2. The number of rotatable bonds is 19. The van der Waals surface area contributed by atoms with Gasteiger partial charge in [0.1, 0.15) is 0 Å². The van der Waals surface area contributed by atoms with Crippen molar-refractivity contribution >= 4 is 63.3 Å². The Labute approximate surface area is 209 Å². The molecule has 4 nitrogen and oxygen atoms in total. The molecule has 0 saturated carbocycles. The molecule has 0 heterocycles. The summed E-state index contributed by atoms with van der Waals surface area (Å²) in [6.45, 7) is 4.69. The number of carboxylic acid groups (broad SMARTS) is 2. The molecule has 0 spiro atoms. The van der Waals surface area contributed by atoms with Crippen LogP contribution < -0.4 is 0 Å². The van der Waals surface area contributed by atoms with Gasteiger partial charge in [-0.1, -0.05) is 90.9 Å². The molecule has 156 valence electrons. The average Bonchev–Trinajstić information content (AvgIpc) is 2.57. The predicted octanol–water partition coefficient (Wildman–Crippen LogP) is 6.02. The third-order valence-corrected chi connectivity index (χ3v) is 5.32. The summed E-state index contributed by atoms with van der Waals surface area (Å²) in [5.41, 5.74) is 0. The van der Waals surface area contributed by atoms with Crippen LogP contribution in [0.2, 0.25) is 0 Å². The van der Waals surface area contributed by atoms with Crippen molar-refractivity contribution in [1.29, 1.82) is 0 Å². The summed E-state index contributed by atoms with van der Waals surface area (Å²) in [5.74, 6) is 0.231. The molecule has 0 amide bonds. The van der Waals surface area contributed by atoms with Gasteiger partial charge in [-0.05, 0) is 24.7 Å². The van der Waals surface area contributed by atoms with E-state index in [0.717, 1.165) is 37.5 Å². The Balaban J connectivity index is 0. The zero-order chi connectivity index (χ0) is 19.6. The standard InChI is InChI=1S/C22H42O4.K.H/c1-19(13-7-3-5-9-17-21(23)24)15-11-12-16-20(2)14-8-4-6-10-18-22(25)26;;/h19-20H,3-18H2,1-2H3,(H,23,24)(H,25,26);;. The van der Waals surface area contributed by atoms with Crippen LogP contribution in [0.3, 0.4) is 0 Å². The van der Waals surface area contributed by atoms with E-state index in [0.29, 0.717) is 12.8 Å². The van der Waals surface area contributed by atoms with E-state index in [1.54, 1.807) is 0 Å². The van der Waals surface area contributed by atoms with Crippen molar-refractivity contribution in [2.75, 3.05) is 0 Å². The second-order valence-electron chi connectivity index (χ2n) is 8.19. The van der Waals surface area contributed by atoms with Crippen LogP contribution in [-0.4, -0.2) is 73.5 Å². The summed E-state index contributed by atoms with van der Waals surface area (Å²) in [7, 11) is 0. The average molecular weight is 411 g/mol. The molecule has 0 radical (unpaired) electrons. The van der Waals surface area contributed by atoms with E-state index < -0.39 is 11.9 Å². The monoisotopic (exact) mass is 410 g/mol. The van der Waals surface area contributed by atoms with Crippen molar-refractivity contribution in [1.82, 2.24) is 0 Å². The molecular formula is C22H43KO4. The number of aliphatic carboxylic acids is 2. The summed E-state index contributed by atoms with van der Waals surface area (Å²) >= 11 is 0. The third-order valence-electron chi connectivity index (χ3n) is 5.32. The van der Waals surface area contributed by atoms with Crippen LogP contribution in [0.25, 0.3) is 0 Å². The molecule has 0 aliphatic carbocycles. The van der Waals surface area contributed by atoms with Gasteiger partial charge in [0, 0.05) is 12.8 Å². The molecule has 0 aliphatic heterocycles. The summed E-state index contributed by atoms with van der Waals surface area (Å²) in [5, 5.41) is 17.2. The normalized spacial score (nSPS) is 13.0. The van der Waals surface area contributed by atoms with E-state index >= 15 is 0 Å². The molecule has 0 aromatic rings. The molecule has 2 atom stereocenters. The van der Waals surface area contributed by atoms with Gasteiger partial charge in [0.05, 0.1) is 0 Å². The Morgan fingerprint density at radius 2 is 0.815 bits per heavy atom. The second kappa shape index (κ2) is 21.3. The second-order valence-corrected chi connectivity index (χ2v) is 8.19. The van der Waals surface area contributed by atoms with Crippen LogP contribution in [-0.2, 0) is 9.59 Å². The quantitative estimate of drug-likeness (QED) is 0.202. The predicted molar refractivity (Wildman–Crippen MR) is 115 cm³/mol. The zero-order valence-electron chi connectivity index (χ0n) is 17.2. The fourth-order valence-electron chi connectivity index (χ4n) is 3.52. The topological polar surface area (TPSA) is 74.6 Å². The third kappa shape index (κ3) is 24.5. The SMILES string of the molecule is CC(CCCCCCC(=O)O)CCCCC(C)CCCCCCC(=O)O.[KH]. The number of carboxylic acids is 2. The molecule has 0 fully saturated rings. The van der Waals surface area contributed by atoms with Crippen LogP contribution in [0.4, 0.5) is 0 Å². The van der Waals surface area contributed by atoms with Gasteiger partial charge in [-0.2, -0.15) is 0 Å². The van der Waals surface area contributed by atoms with Gasteiger partial charge in [0.2, 0.25) is 0 Å². The first-order valence-corrected chi connectivity index (χ1v) is 10.9. The Bertz CT molecular complexity index is 326. The minimum absolute atomic E-state index is 0. The van der Waals surface area contributed by atoms with Crippen LogP contribution in [0.5, 0.6) is 0 Å². The fraction of sp³-hybridized carbons (Fsp3) is 0.909. The van der Waals surface area contributed by atoms with Crippen LogP contribution in [0.15, 0.2) is 0 Å². The molecule has 0 rings (SSSR count). The van der Waals surface area contributed by atoms with Gasteiger partial charge in [0.15, 0.2) is 0 Å². The molecular weight excluding hydrogens is 367 g/mol. The van der Waals surface area contributed by atoms with E-state index in [-0.39, 0.29) is 51.4 Å². The van der Waals surface area contributed by atoms with Crippen molar-refractivity contribution in [3.05, 3.63) is 0 Å². The number of carbonyl (C=O) groups is 2. The maximum absolute atomic E-state index is 10.4. The van der Waals surface area contributed by atoms with Gasteiger partial charge >= 0.3 is 63.3 Å². The van der Waals surface area contributed by atoms with Gasteiger partial charge < -0.3 is 10.2 Å². The van der Waals surface area contributed by atoms with Crippen LogP contribution in [0.1, 0.15) is 117 Å². The van der Waals surface area contributed by atoms with Crippen molar-refractivity contribution in [2.24, 2.45) is 11.8 Å². The molecule has 0 aromatic carbocycles. The van der Waals surface area contributed by atoms with Crippen molar-refractivity contribution in [2.45, 2.75) is 117 Å². The summed E-state index contributed by atoms with van der Waals surface area (Å²) in [4.78, 5) is 20.9. The molecule has 5 heteroatoms. The first-order valence-electron chi connectivity index (χ1n) is 10.9. The minimum atomic E-state index is -0.675. The Morgan fingerprint density at radius 3 is 1.11 bits per heavy atom. The Hall–Kier alpha value is 0.576. The first-order chi connectivity index (χ1) is 12.4. The van der Waals surface area contributed by atoms with E-state index in [1.807, 2.05) is 0 Å². The van der Waals surface area contributed by atoms with E-state index in [4.69, 9.17) is 10.2 Å². The molecule has 2 unspecified atom stereocenters. The first kappa shape index (κ1) is 29.8. The molecule has 0 aliphatic rings. The van der Waals surface area contributed by atoms with Gasteiger partial charge in [-0.3, -0.25) is 9.59 Å². The van der Waals surface area contributed by atoms with E-state index in [2.05, 4.69) is 13.8 Å². The number of hydrogen-bond donors (Lipinski definition) is 2. The number of unbranched alkanes of at least 4 members (excludes halogenated alkanes) is 7.